The summed E-state index contributed by atoms with van der Waals surface area (Å²) in [6.07, 6.45) is 1.88. The number of sulfonamides is 1. The Morgan fingerprint density at radius 2 is 2.21 bits per heavy atom. The summed E-state index contributed by atoms with van der Waals surface area (Å²) < 4.78 is 34.5. The summed E-state index contributed by atoms with van der Waals surface area (Å²) in [6, 6.07) is 9.28. The third-order valence-electron chi connectivity index (χ3n) is 4.11. The van der Waals surface area contributed by atoms with Crippen molar-refractivity contribution in [3.05, 3.63) is 50.6 Å². The molecule has 1 aromatic carbocycles. The Kier molecular flexibility index (Phi) is 5.77. The van der Waals surface area contributed by atoms with E-state index in [0.29, 0.717) is 24.6 Å². The predicted molar refractivity (Wildman–Crippen MR) is 99.8 cm³/mol. The van der Waals surface area contributed by atoms with Crippen LogP contribution < -0.4 is 0 Å². The molecule has 0 bridgehead atoms. The zero-order valence-corrected chi connectivity index (χ0v) is 16.7. The third-order valence-corrected chi connectivity index (χ3v) is 7.42. The SMILES string of the molecule is Cc1ccc(Br)cc1S(=O)(=O)N(Cc1cccs1)CC1CCCO1. The van der Waals surface area contributed by atoms with Crippen LogP contribution in [0.1, 0.15) is 23.3 Å². The van der Waals surface area contributed by atoms with Gasteiger partial charge in [0.25, 0.3) is 0 Å². The first-order valence-corrected chi connectivity index (χ1v) is 11.0. The van der Waals surface area contributed by atoms with E-state index < -0.39 is 10.0 Å². The molecule has 1 aliphatic heterocycles. The summed E-state index contributed by atoms with van der Waals surface area (Å²) in [5, 5.41) is 1.97. The van der Waals surface area contributed by atoms with Crippen LogP contribution in [-0.4, -0.2) is 32.0 Å². The second-order valence-electron chi connectivity index (χ2n) is 5.92. The lowest BCUT2D eigenvalue weighted by Crippen LogP contribution is -2.37. The molecule has 0 aliphatic carbocycles. The van der Waals surface area contributed by atoms with Gasteiger partial charge in [0.05, 0.1) is 11.0 Å². The lowest BCUT2D eigenvalue weighted by atomic mass is 10.2. The molecule has 0 amide bonds. The van der Waals surface area contributed by atoms with Crippen molar-refractivity contribution in [1.29, 1.82) is 0 Å². The largest absolute Gasteiger partial charge is 0.377 e. The molecular weight excluding hydrogens is 410 g/mol. The summed E-state index contributed by atoms with van der Waals surface area (Å²) in [6.45, 7) is 3.32. The molecule has 1 atom stereocenters. The number of halogens is 1. The Hall–Kier alpha value is -0.730. The monoisotopic (exact) mass is 429 g/mol. The van der Waals surface area contributed by atoms with E-state index in [9.17, 15) is 8.42 Å². The highest BCUT2D eigenvalue weighted by Crippen LogP contribution is 2.27. The van der Waals surface area contributed by atoms with Crippen LogP contribution in [0.4, 0.5) is 0 Å². The molecule has 0 saturated carbocycles. The van der Waals surface area contributed by atoms with Gasteiger partial charge in [0.1, 0.15) is 0 Å². The second kappa shape index (κ2) is 7.66. The molecule has 2 heterocycles. The van der Waals surface area contributed by atoms with E-state index in [2.05, 4.69) is 15.9 Å². The minimum absolute atomic E-state index is 0.0211. The van der Waals surface area contributed by atoms with Crippen molar-refractivity contribution in [1.82, 2.24) is 4.31 Å². The van der Waals surface area contributed by atoms with E-state index in [-0.39, 0.29) is 6.10 Å². The van der Waals surface area contributed by atoms with Crippen LogP contribution in [0.15, 0.2) is 45.1 Å². The van der Waals surface area contributed by atoms with Crippen LogP contribution in [-0.2, 0) is 21.3 Å². The van der Waals surface area contributed by atoms with Gasteiger partial charge in [-0.05, 0) is 48.9 Å². The summed E-state index contributed by atoms with van der Waals surface area (Å²) >= 11 is 4.95. The molecule has 7 heteroatoms. The topological polar surface area (TPSA) is 46.6 Å². The summed E-state index contributed by atoms with van der Waals surface area (Å²) in [5.41, 5.74) is 0.752. The average molecular weight is 430 g/mol. The number of hydrogen-bond acceptors (Lipinski definition) is 4. The first-order valence-electron chi connectivity index (χ1n) is 7.87. The Bertz CT molecular complexity index is 784. The first kappa shape index (κ1) is 18.1. The van der Waals surface area contributed by atoms with Gasteiger partial charge in [-0.2, -0.15) is 4.31 Å². The van der Waals surface area contributed by atoms with Crippen molar-refractivity contribution in [3.63, 3.8) is 0 Å². The Labute approximate surface area is 155 Å². The van der Waals surface area contributed by atoms with Crippen LogP contribution in [0.2, 0.25) is 0 Å². The Morgan fingerprint density at radius 1 is 1.38 bits per heavy atom. The fourth-order valence-electron chi connectivity index (χ4n) is 2.83. The quantitative estimate of drug-likeness (QED) is 0.691. The number of hydrogen-bond donors (Lipinski definition) is 0. The maximum atomic E-state index is 13.3. The van der Waals surface area contributed by atoms with Crippen molar-refractivity contribution < 1.29 is 13.2 Å². The molecule has 0 spiro atoms. The molecule has 2 aromatic rings. The molecule has 1 aliphatic rings. The molecule has 130 valence electrons. The van der Waals surface area contributed by atoms with E-state index >= 15 is 0 Å². The normalized spacial score (nSPS) is 18.4. The highest BCUT2D eigenvalue weighted by Gasteiger charge is 2.30. The van der Waals surface area contributed by atoms with Crippen LogP contribution in [0.3, 0.4) is 0 Å². The molecule has 0 N–H and O–H groups in total. The third kappa shape index (κ3) is 4.08. The van der Waals surface area contributed by atoms with Gasteiger partial charge >= 0.3 is 0 Å². The van der Waals surface area contributed by atoms with Crippen LogP contribution in [0, 0.1) is 6.92 Å². The van der Waals surface area contributed by atoms with Crippen LogP contribution in [0.5, 0.6) is 0 Å². The zero-order valence-electron chi connectivity index (χ0n) is 13.4. The maximum absolute atomic E-state index is 13.3. The van der Waals surface area contributed by atoms with Gasteiger partial charge in [0.15, 0.2) is 0 Å². The van der Waals surface area contributed by atoms with Gasteiger partial charge in [0, 0.05) is 29.0 Å². The number of nitrogens with zero attached hydrogens (tertiary/aromatic N) is 1. The van der Waals surface area contributed by atoms with Gasteiger partial charge < -0.3 is 4.74 Å². The van der Waals surface area contributed by atoms with Crippen molar-refractivity contribution in [2.45, 2.75) is 37.3 Å². The molecule has 0 radical (unpaired) electrons. The van der Waals surface area contributed by atoms with Gasteiger partial charge in [-0.3, -0.25) is 0 Å². The standard InChI is InChI=1S/C17H20BrNO3S2/c1-13-6-7-14(18)10-17(13)24(20,21)19(11-15-4-2-8-22-15)12-16-5-3-9-23-16/h3,5-7,9-10,15H,2,4,8,11-12H2,1H3. The number of benzene rings is 1. The lowest BCUT2D eigenvalue weighted by Gasteiger charge is -2.25. The van der Waals surface area contributed by atoms with E-state index in [4.69, 9.17) is 4.74 Å². The van der Waals surface area contributed by atoms with Crippen molar-refractivity contribution in [2.75, 3.05) is 13.2 Å². The minimum atomic E-state index is -3.59. The Balaban J connectivity index is 1.94. The molecule has 24 heavy (non-hydrogen) atoms. The fourth-order valence-corrected chi connectivity index (χ4v) is 5.84. The highest BCUT2D eigenvalue weighted by molar-refractivity contribution is 9.10. The minimum Gasteiger partial charge on any atom is -0.377 e. The zero-order chi connectivity index (χ0) is 17.2. The molecule has 1 saturated heterocycles. The summed E-state index contributed by atoms with van der Waals surface area (Å²) in [5.74, 6) is 0. The van der Waals surface area contributed by atoms with Crippen LogP contribution in [0.25, 0.3) is 0 Å². The highest BCUT2D eigenvalue weighted by atomic mass is 79.9. The van der Waals surface area contributed by atoms with E-state index in [1.54, 1.807) is 21.7 Å². The summed E-state index contributed by atoms with van der Waals surface area (Å²) in [4.78, 5) is 1.38. The van der Waals surface area contributed by atoms with E-state index in [0.717, 1.165) is 27.8 Å². The molecule has 1 unspecified atom stereocenters. The molecule has 1 aromatic heterocycles. The number of thiophene rings is 1. The molecular formula is C17H20BrNO3S2. The van der Waals surface area contributed by atoms with Gasteiger partial charge in [-0.15, -0.1) is 11.3 Å². The second-order valence-corrected chi connectivity index (χ2v) is 9.78. The van der Waals surface area contributed by atoms with Crippen molar-refractivity contribution in [3.8, 4) is 0 Å². The smallest absolute Gasteiger partial charge is 0.243 e. The number of aryl methyl sites for hydroxylation is 1. The fraction of sp³-hybridized carbons (Fsp3) is 0.412. The molecule has 1 fully saturated rings. The average Bonchev–Trinajstić information content (AvgIpc) is 3.22. The van der Waals surface area contributed by atoms with E-state index in [1.807, 2.05) is 36.6 Å². The lowest BCUT2D eigenvalue weighted by molar-refractivity contribution is 0.0927. The Morgan fingerprint density at radius 3 is 2.88 bits per heavy atom. The van der Waals surface area contributed by atoms with Gasteiger partial charge in [-0.1, -0.05) is 28.1 Å². The first-order chi connectivity index (χ1) is 11.5. The van der Waals surface area contributed by atoms with Crippen LogP contribution >= 0.6 is 27.3 Å². The number of ether oxygens (including phenoxy) is 1. The van der Waals surface area contributed by atoms with Gasteiger partial charge in [0.2, 0.25) is 10.0 Å². The van der Waals surface area contributed by atoms with Gasteiger partial charge in [-0.25, -0.2) is 8.42 Å². The van der Waals surface area contributed by atoms with Crippen molar-refractivity contribution in [2.24, 2.45) is 0 Å². The van der Waals surface area contributed by atoms with Crippen molar-refractivity contribution >= 4 is 37.3 Å². The number of rotatable bonds is 6. The maximum Gasteiger partial charge on any atom is 0.243 e. The molecule has 3 rings (SSSR count). The van der Waals surface area contributed by atoms with E-state index in [1.165, 1.54) is 0 Å². The predicted octanol–water partition coefficient (Wildman–Crippen LogP) is 4.19. The molecule has 4 nitrogen and oxygen atoms in total. The summed E-state index contributed by atoms with van der Waals surface area (Å²) in [7, 11) is -3.59.